The van der Waals surface area contributed by atoms with Crippen LogP contribution in [-0.2, 0) is 11.3 Å². The Bertz CT molecular complexity index is 1150. The first kappa shape index (κ1) is 23.3. The Labute approximate surface area is 196 Å². The van der Waals surface area contributed by atoms with E-state index in [4.69, 9.17) is 25.5 Å². The van der Waals surface area contributed by atoms with Gasteiger partial charge in [-0.1, -0.05) is 11.6 Å². The molecule has 9 nitrogen and oxygen atoms in total. The second-order valence-corrected chi connectivity index (χ2v) is 8.88. The summed E-state index contributed by atoms with van der Waals surface area (Å²) in [6, 6.07) is 7.08. The lowest BCUT2D eigenvalue weighted by Crippen LogP contribution is -2.53. The summed E-state index contributed by atoms with van der Waals surface area (Å²) in [6.45, 7) is 5.25. The molecule has 33 heavy (non-hydrogen) atoms. The van der Waals surface area contributed by atoms with E-state index >= 15 is 0 Å². The third-order valence-corrected chi connectivity index (χ3v) is 5.71. The Hall–Kier alpha value is -2.88. The van der Waals surface area contributed by atoms with Gasteiger partial charge in [0.1, 0.15) is 5.52 Å². The lowest BCUT2D eigenvalue weighted by molar-refractivity contribution is -0.106. The second kappa shape index (κ2) is 9.54. The molecule has 10 heteroatoms. The summed E-state index contributed by atoms with van der Waals surface area (Å²) in [7, 11) is 1.52. The molecule has 1 aliphatic heterocycles. The number of benzene rings is 1. The summed E-state index contributed by atoms with van der Waals surface area (Å²) >= 11 is 6.00. The monoisotopic (exact) mass is 474 g/mol. The van der Waals surface area contributed by atoms with E-state index in [1.165, 1.54) is 7.11 Å². The quantitative estimate of drug-likeness (QED) is 0.535. The van der Waals surface area contributed by atoms with Crippen LogP contribution in [-0.4, -0.2) is 64.4 Å². The molecule has 3 heterocycles. The van der Waals surface area contributed by atoms with Crippen LogP contribution in [0.3, 0.4) is 0 Å². The van der Waals surface area contributed by atoms with Crippen LogP contribution < -0.4 is 10.1 Å². The minimum Gasteiger partial charge on any atom is -0.493 e. The Morgan fingerprint density at radius 1 is 1.42 bits per heavy atom. The summed E-state index contributed by atoms with van der Waals surface area (Å²) < 4.78 is 17.1. The summed E-state index contributed by atoms with van der Waals surface area (Å²) in [5.74, 6) is 0.258. The van der Waals surface area contributed by atoms with E-state index in [1.54, 1.807) is 42.3 Å². The highest BCUT2D eigenvalue weighted by Crippen LogP contribution is 2.32. The van der Waals surface area contributed by atoms with Crippen molar-refractivity contribution < 1.29 is 23.8 Å². The number of nitrogens with zero attached hydrogens (tertiary/aromatic N) is 3. The third-order valence-electron chi connectivity index (χ3n) is 5.47. The molecule has 2 N–H and O–H groups in total. The molecule has 0 radical (unpaired) electrons. The van der Waals surface area contributed by atoms with Gasteiger partial charge in [-0.15, -0.1) is 0 Å². The fourth-order valence-corrected chi connectivity index (χ4v) is 4.28. The Morgan fingerprint density at radius 3 is 2.97 bits per heavy atom. The number of carbonyl (C=O) groups is 1. The van der Waals surface area contributed by atoms with Crippen molar-refractivity contribution in [3.63, 3.8) is 0 Å². The highest BCUT2D eigenvalue weighted by molar-refractivity contribution is 6.30. The summed E-state index contributed by atoms with van der Waals surface area (Å²) in [6.07, 6.45) is 1.55. The van der Waals surface area contributed by atoms with Crippen LogP contribution >= 0.6 is 11.6 Å². The lowest BCUT2D eigenvalue weighted by atomic mass is 9.96. The van der Waals surface area contributed by atoms with Crippen LogP contribution in [0.4, 0.5) is 6.01 Å². The molecule has 1 fully saturated rings. The molecule has 2 aromatic heterocycles. The minimum atomic E-state index is -0.602. The van der Waals surface area contributed by atoms with Gasteiger partial charge in [-0.2, -0.15) is 4.98 Å². The number of methoxy groups -OCH3 is 1. The van der Waals surface area contributed by atoms with E-state index in [9.17, 15) is 9.90 Å². The smallest absolute Gasteiger partial charge is 0.296 e. The zero-order valence-corrected chi connectivity index (χ0v) is 19.6. The maximum Gasteiger partial charge on any atom is 0.296 e. The number of anilines is 1. The van der Waals surface area contributed by atoms with Gasteiger partial charge in [0.05, 0.1) is 37.7 Å². The number of aromatic nitrogens is 2. The van der Waals surface area contributed by atoms with Gasteiger partial charge in [0, 0.05) is 36.3 Å². The van der Waals surface area contributed by atoms with Crippen LogP contribution in [0.2, 0.25) is 5.02 Å². The number of nitrogens with one attached hydrogen (secondary N) is 1. The maximum absolute atomic E-state index is 13.3. The van der Waals surface area contributed by atoms with Gasteiger partial charge in [-0.05, 0) is 38.1 Å². The fraction of sp³-hybridized carbons (Fsp3) is 0.435. The van der Waals surface area contributed by atoms with Crippen molar-refractivity contribution in [2.75, 3.05) is 32.1 Å². The highest BCUT2D eigenvalue weighted by atomic mass is 35.5. The van der Waals surface area contributed by atoms with Gasteiger partial charge in [0.15, 0.2) is 11.3 Å². The standard InChI is InChI=1S/C23H27ClN4O5/c1-14(29)11-23(2)13-28(6-7-32-23)21(30)15-8-18-20(19(9-15)31-3)33-22(27-18)26-12-17-10-16(24)4-5-25-17/h4-5,8-10,14,29H,6-7,11-13H2,1-3H3,(H,26,27). The number of morpholine rings is 1. The first-order valence-electron chi connectivity index (χ1n) is 10.7. The van der Waals surface area contributed by atoms with E-state index < -0.39 is 11.7 Å². The fourth-order valence-electron chi connectivity index (χ4n) is 4.10. The van der Waals surface area contributed by atoms with Crippen molar-refractivity contribution >= 4 is 34.6 Å². The molecule has 0 aliphatic carbocycles. The first-order chi connectivity index (χ1) is 15.8. The van der Waals surface area contributed by atoms with Crippen LogP contribution in [0.25, 0.3) is 11.1 Å². The lowest BCUT2D eigenvalue weighted by Gasteiger charge is -2.41. The summed E-state index contributed by atoms with van der Waals surface area (Å²) in [4.78, 5) is 23.7. The van der Waals surface area contributed by atoms with Crippen molar-refractivity contribution in [3.05, 3.63) is 46.7 Å². The van der Waals surface area contributed by atoms with Crippen LogP contribution in [0.1, 0.15) is 36.3 Å². The Kier molecular flexibility index (Phi) is 6.73. The van der Waals surface area contributed by atoms with Crippen LogP contribution in [0, 0.1) is 0 Å². The molecule has 4 rings (SSSR count). The van der Waals surface area contributed by atoms with E-state index in [-0.39, 0.29) is 11.9 Å². The normalized spacial score (nSPS) is 19.5. The number of hydrogen-bond donors (Lipinski definition) is 2. The van der Waals surface area contributed by atoms with Gasteiger partial charge >= 0.3 is 0 Å². The van der Waals surface area contributed by atoms with Crippen molar-refractivity contribution in [1.29, 1.82) is 0 Å². The van der Waals surface area contributed by atoms with Gasteiger partial charge in [0.25, 0.3) is 11.9 Å². The number of rotatable bonds is 7. The average molecular weight is 475 g/mol. The number of aliphatic hydroxyl groups excluding tert-OH is 1. The predicted octanol–water partition coefficient (Wildman–Crippen LogP) is 3.50. The molecule has 1 aromatic carbocycles. The molecule has 1 amide bonds. The molecule has 176 valence electrons. The molecule has 3 aromatic rings. The topological polar surface area (TPSA) is 110 Å². The molecule has 0 saturated carbocycles. The van der Waals surface area contributed by atoms with Crippen molar-refractivity contribution in [1.82, 2.24) is 14.9 Å². The number of carbonyl (C=O) groups excluding carboxylic acids is 1. The van der Waals surface area contributed by atoms with Crippen molar-refractivity contribution in [3.8, 4) is 5.75 Å². The van der Waals surface area contributed by atoms with E-state index in [0.29, 0.717) is 60.1 Å². The van der Waals surface area contributed by atoms with E-state index in [0.717, 1.165) is 5.69 Å². The highest BCUT2D eigenvalue weighted by Gasteiger charge is 2.35. The molecule has 0 spiro atoms. The molecular formula is C23H27ClN4O5. The molecule has 1 saturated heterocycles. The molecule has 2 unspecified atom stereocenters. The first-order valence-corrected chi connectivity index (χ1v) is 11.1. The Balaban J connectivity index is 1.55. The number of amides is 1. The molecule has 2 atom stereocenters. The number of oxazole rings is 1. The van der Waals surface area contributed by atoms with Gasteiger partial charge in [0.2, 0.25) is 0 Å². The number of aliphatic hydroxyl groups is 1. The van der Waals surface area contributed by atoms with Crippen molar-refractivity contribution in [2.24, 2.45) is 0 Å². The number of pyridine rings is 1. The molecular weight excluding hydrogens is 448 g/mol. The van der Waals surface area contributed by atoms with Gasteiger partial charge < -0.3 is 29.2 Å². The number of ether oxygens (including phenoxy) is 2. The average Bonchev–Trinajstić information content (AvgIpc) is 3.19. The second-order valence-electron chi connectivity index (χ2n) is 8.44. The summed E-state index contributed by atoms with van der Waals surface area (Å²) in [5, 5.41) is 13.5. The number of halogens is 1. The Morgan fingerprint density at radius 2 is 2.24 bits per heavy atom. The number of fused-ring (bicyclic) bond motifs is 1. The van der Waals surface area contributed by atoms with Gasteiger partial charge in [-0.3, -0.25) is 9.78 Å². The maximum atomic E-state index is 13.3. The minimum absolute atomic E-state index is 0.157. The molecule has 0 bridgehead atoms. The van der Waals surface area contributed by atoms with Crippen LogP contribution in [0.15, 0.2) is 34.9 Å². The van der Waals surface area contributed by atoms with Crippen molar-refractivity contribution in [2.45, 2.75) is 38.5 Å². The summed E-state index contributed by atoms with van der Waals surface area (Å²) in [5.41, 5.74) is 1.52. The zero-order valence-electron chi connectivity index (χ0n) is 18.8. The number of hydrogen-bond acceptors (Lipinski definition) is 8. The predicted molar refractivity (Wildman–Crippen MR) is 124 cm³/mol. The van der Waals surface area contributed by atoms with E-state index in [2.05, 4.69) is 15.3 Å². The van der Waals surface area contributed by atoms with E-state index in [1.807, 2.05) is 6.92 Å². The third kappa shape index (κ3) is 5.38. The largest absolute Gasteiger partial charge is 0.493 e. The zero-order chi connectivity index (χ0) is 23.6. The van der Waals surface area contributed by atoms with Gasteiger partial charge in [-0.25, -0.2) is 0 Å². The SMILES string of the molecule is COc1cc(C(=O)N2CCOC(C)(CC(C)O)C2)cc2nc(NCc3cc(Cl)ccn3)oc12. The van der Waals surface area contributed by atoms with Crippen LogP contribution in [0.5, 0.6) is 5.75 Å². The molecule has 1 aliphatic rings.